The Kier molecular flexibility index (Phi) is 12.4. The summed E-state index contributed by atoms with van der Waals surface area (Å²) in [5, 5.41) is 20.5. The molecule has 2 atom stereocenters. The Bertz CT molecular complexity index is 217. The zero-order valence-corrected chi connectivity index (χ0v) is 15.0. The molecule has 0 amide bonds. The molecule has 0 saturated heterocycles. The van der Waals surface area contributed by atoms with Gasteiger partial charge in [0, 0.05) is 0 Å². The van der Waals surface area contributed by atoms with Crippen molar-refractivity contribution in [2.75, 3.05) is 26.7 Å². The molecule has 0 aliphatic heterocycles. The molecule has 0 saturated carbocycles. The zero-order valence-electron chi connectivity index (χ0n) is 15.0. The number of aliphatic hydroxyl groups is 2. The number of hydrogen-bond donors (Lipinski definition) is 2. The van der Waals surface area contributed by atoms with Crippen LogP contribution in [0.1, 0.15) is 78.6 Å². The Labute approximate surface area is 133 Å². The molecule has 0 aliphatic carbocycles. The standard InChI is InChI=1S/C18H40NO2/c1-5-8-11-14-19(4,15-17(20)12-9-6-2)16-18(21)13-10-7-3/h17-18,20-21H,5-16H2,1-4H3/q+1. The first kappa shape index (κ1) is 20.9. The molecule has 0 radical (unpaired) electrons. The molecule has 2 unspecified atom stereocenters. The molecular weight excluding hydrogens is 262 g/mol. The van der Waals surface area contributed by atoms with Gasteiger partial charge in [-0.15, -0.1) is 0 Å². The number of unbranched alkanes of at least 4 members (excludes halogenated alkanes) is 4. The molecular formula is C18H40NO2+. The predicted molar refractivity (Wildman–Crippen MR) is 91.4 cm³/mol. The highest BCUT2D eigenvalue weighted by molar-refractivity contribution is 4.60. The van der Waals surface area contributed by atoms with Gasteiger partial charge in [-0.2, -0.15) is 0 Å². The maximum absolute atomic E-state index is 10.3. The van der Waals surface area contributed by atoms with Crippen LogP contribution in [0.15, 0.2) is 0 Å². The summed E-state index contributed by atoms with van der Waals surface area (Å²) in [6.45, 7) is 9.18. The van der Waals surface area contributed by atoms with Gasteiger partial charge in [-0.1, -0.05) is 52.9 Å². The van der Waals surface area contributed by atoms with Gasteiger partial charge in [0.1, 0.15) is 25.3 Å². The zero-order chi connectivity index (χ0) is 16.1. The Hall–Kier alpha value is -0.120. The molecule has 2 N–H and O–H groups in total. The van der Waals surface area contributed by atoms with Crippen LogP contribution in [-0.4, -0.2) is 53.6 Å². The first-order valence-electron chi connectivity index (χ1n) is 9.17. The van der Waals surface area contributed by atoms with Crippen molar-refractivity contribution in [2.45, 2.75) is 90.8 Å². The summed E-state index contributed by atoms with van der Waals surface area (Å²) in [7, 11) is 2.21. The monoisotopic (exact) mass is 302 g/mol. The highest BCUT2D eigenvalue weighted by Gasteiger charge is 2.27. The van der Waals surface area contributed by atoms with Crippen LogP contribution < -0.4 is 0 Å². The number of aliphatic hydroxyl groups excluding tert-OH is 2. The third kappa shape index (κ3) is 11.1. The second-order valence-electron chi connectivity index (χ2n) is 7.01. The minimum Gasteiger partial charge on any atom is -0.387 e. The fourth-order valence-electron chi connectivity index (χ4n) is 3.08. The van der Waals surface area contributed by atoms with Crippen molar-refractivity contribution in [3.63, 3.8) is 0 Å². The third-order valence-corrected chi connectivity index (χ3v) is 4.39. The van der Waals surface area contributed by atoms with E-state index in [1.807, 2.05) is 0 Å². The van der Waals surface area contributed by atoms with Gasteiger partial charge in [0.05, 0.1) is 13.6 Å². The van der Waals surface area contributed by atoms with Gasteiger partial charge >= 0.3 is 0 Å². The Morgan fingerprint density at radius 2 is 1.14 bits per heavy atom. The smallest absolute Gasteiger partial charge is 0.105 e. The normalized spacial score (nSPS) is 17.4. The van der Waals surface area contributed by atoms with E-state index in [2.05, 4.69) is 27.8 Å². The van der Waals surface area contributed by atoms with E-state index in [1.165, 1.54) is 19.3 Å². The van der Waals surface area contributed by atoms with Gasteiger partial charge in [-0.05, 0) is 25.7 Å². The Morgan fingerprint density at radius 1 is 0.714 bits per heavy atom. The van der Waals surface area contributed by atoms with E-state index in [1.54, 1.807) is 0 Å². The van der Waals surface area contributed by atoms with Crippen molar-refractivity contribution in [3.8, 4) is 0 Å². The quantitative estimate of drug-likeness (QED) is 0.379. The van der Waals surface area contributed by atoms with Gasteiger partial charge in [0.2, 0.25) is 0 Å². The first-order chi connectivity index (χ1) is 9.97. The lowest BCUT2D eigenvalue weighted by molar-refractivity contribution is -0.915. The van der Waals surface area contributed by atoms with Gasteiger partial charge < -0.3 is 14.7 Å². The highest BCUT2D eigenvalue weighted by atomic mass is 16.3. The minimum atomic E-state index is -0.227. The topological polar surface area (TPSA) is 40.5 Å². The molecule has 128 valence electrons. The number of quaternary nitrogens is 1. The molecule has 0 fully saturated rings. The van der Waals surface area contributed by atoms with Crippen LogP contribution in [0, 0.1) is 0 Å². The van der Waals surface area contributed by atoms with Gasteiger partial charge in [-0.25, -0.2) is 0 Å². The fourth-order valence-corrected chi connectivity index (χ4v) is 3.08. The van der Waals surface area contributed by atoms with E-state index in [0.29, 0.717) is 0 Å². The van der Waals surface area contributed by atoms with Crippen LogP contribution in [0.3, 0.4) is 0 Å². The maximum Gasteiger partial charge on any atom is 0.105 e. The summed E-state index contributed by atoms with van der Waals surface area (Å²) in [5.74, 6) is 0. The molecule has 3 heteroatoms. The van der Waals surface area contributed by atoms with Gasteiger partial charge in [0.15, 0.2) is 0 Å². The SMILES string of the molecule is CCCCC[N+](C)(CC(O)CCCC)CC(O)CCCC. The molecule has 0 aromatic carbocycles. The average molecular weight is 303 g/mol. The minimum absolute atomic E-state index is 0.227. The summed E-state index contributed by atoms with van der Waals surface area (Å²) < 4.78 is 0.815. The summed E-state index contributed by atoms with van der Waals surface area (Å²) in [6, 6.07) is 0. The molecule has 0 aliphatic rings. The number of likely N-dealkylation sites (N-methyl/N-ethyl adjacent to an activating group) is 1. The molecule has 21 heavy (non-hydrogen) atoms. The lowest BCUT2D eigenvalue weighted by atomic mass is 10.1. The van der Waals surface area contributed by atoms with Crippen molar-refractivity contribution in [2.24, 2.45) is 0 Å². The van der Waals surface area contributed by atoms with Crippen molar-refractivity contribution in [1.82, 2.24) is 0 Å². The fraction of sp³-hybridized carbons (Fsp3) is 1.00. The second kappa shape index (κ2) is 12.4. The van der Waals surface area contributed by atoms with E-state index < -0.39 is 0 Å². The van der Waals surface area contributed by atoms with Crippen molar-refractivity contribution in [3.05, 3.63) is 0 Å². The molecule has 3 nitrogen and oxygen atoms in total. The van der Waals surface area contributed by atoms with Crippen LogP contribution in [0.5, 0.6) is 0 Å². The van der Waals surface area contributed by atoms with E-state index in [4.69, 9.17) is 0 Å². The van der Waals surface area contributed by atoms with Crippen LogP contribution in [0.4, 0.5) is 0 Å². The van der Waals surface area contributed by atoms with Crippen LogP contribution in [0.25, 0.3) is 0 Å². The van der Waals surface area contributed by atoms with Crippen LogP contribution in [0.2, 0.25) is 0 Å². The lowest BCUT2D eigenvalue weighted by Gasteiger charge is -2.38. The summed E-state index contributed by atoms with van der Waals surface area (Å²) >= 11 is 0. The molecule has 0 aromatic heterocycles. The van der Waals surface area contributed by atoms with Crippen molar-refractivity contribution >= 4 is 0 Å². The molecule has 0 spiro atoms. The van der Waals surface area contributed by atoms with Crippen LogP contribution >= 0.6 is 0 Å². The summed E-state index contributed by atoms with van der Waals surface area (Å²) in [6.07, 6.45) is 9.43. The largest absolute Gasteiger partial charge is 0.387 e. The van der Waals surface area contributed by atoms with E-state index in [9.17, 15) is 10.2 Å². The van der Waals surface area contributed by atoms with E-state index in [0.717, 1.165) is 62.6 Å². The van der Waals surface area contributed by atoms with Gasteiger partial charge in [-0.3, -0.25) is 0 Å². The highest BCUT2D eigenvalue weighted by Crippen LogP contribution is 2.15. The third-order valence-electron chi connectivity index (χ3n) is 4.39. The Balaban J connectivity index is 4.43. The lowest BCUT2D eigenvalue weighted by Crippen LogP contribution is -2.53. The average Bonchev–Trinajstić information content (AvgIpc) is 2.43. The van der Waals surface area contributed by atoms with Gasteiger partial charge in [0.25, 0.3) is 0 Å². The van der Waals surface area contributed by atoms with E-state index >= 15 is 0 Å². The number of nitrogens with zero attached hydrogens (tertiary/aromatic N) is 1. The predicted octanol–water partition coefficient (Wildman–Crippen LogP) is 3.73. The maximum atomic E-state index is 10.3. The first-order valence-corrected chi connectivity index (χ1v) is 9.17. The molecule has 0 aromatic rings. The molecule has 0 heterocycles. The Morgan fingerprint density at radius 3 is 1.52 bits per heavy atom. The van der Waals surface area contributed by atoms with E-state index in [-0.39, 0.29) is 12.2 Å². The summed E-state index contributed by atoms with van der Waals surface area (Å²) in [4.78, 5) is 0. The summed E-state index contributed by atoms with van der Waals surface area (Å²) in [5.41, 5.74) is 0. The van der Waals surface area contributed by atoms with Crippen molar-refractivity contribution < 1.29 is 14.7 Å². The molecule has 0 rings (SSSR count). The molecule has 0 bridgehead atoms. The second-order valence-corrected chi connectivity index (χ2v) is 7.01. The number of rotatable bonds is 14. The van der Waals surface area contributed by atoms with Crippen molar-refractivity contribution in [1.29, 1.82) is 0 Å². The van der Waals surface area contributed by atoms with Crippen LogP contribution in [-0.2, 0) is 0 Å². The number of hydrogen-bond acceptors (Lipinski definition) is 2.